The minimum absolute atomic E-state index is 0.499. The highest BCUT2D eigenvalue weighted by atomic mass is 16.3. The largest absolute Gasteiger partial charge is 0.386 e. The van der Waals surface area contributed by atoms with E-state index in [1.54, 1.807) is 10.9 Å². The maximum Gasteiger partial charge on any atom is 0.0985 e. The van der Waals surface area contributed by atoms with E-state index in [1.807, 2.05) is 25.3 Å². The number of nitrogens with zero attached hydrogens (tertiary/aromatic N) is 2. The summed E-state index contributed by atoms with van der Waals surface area (Å²) < 4.78 is 1.77. The van der Waals surface area contributed by atoms with E-state index in [2.05, 4.69) is 24.2 Å². The maximum atomic E-state index is 10.1. The van der Waals surface area contributed by atoms with Crippen LogP contribution < -0.4 is 0 Å². The average Bonchev–Trinajstić information content (AvgIpc) is 2.75. The minimum Gasteiger partial charge on any atom is -0.386 e. The zero-order valence-corrected chi connectivity index (χ0v) is 10.3. The summed E-state index contributed by atoms with van der Waals surface area (Å²) in [7, 11) is 0. The number of hydrogen-bond donors (Lipinski definition) is 1. The second-order valence-corrected chi connectivity index (χ2v) is 4.35. The number of aliphatic hydroxyl groups is 1. The van der Waals surface area contributed by atoms with Gasteiger partial charge in [0.15, 0.2) is 0 Å². The van der Waals surface area contributed by atoms with Gasteiger partial charge in [-0.05, 0) is 30.0 Å². The normalized spacial score (nSPS) is 12.6. The van der Waals surface area contributed by atoms with Gasteiger partial charge in [0.1, 0.15) is 0 Å². The minimum atomic E-state index is -0.500. The molecule has 1 aromatic heterocycles. The second-order valence-electron chi connectivity index (χ2n) is 4.35. The van der Waals surface area contributed by atoms with Gasteiger partial charge in [0.2, 0.25) is 0 Å². The lowest BCUT2D eigenvalue weighted by Crippen LogP contribution is -2.09. The Bertz CT molecular complexity index is 473. The number of rotatable bonds is 4. The van der Waals surface area contributed by atoms with E-state index in [0.717, 1.165) is 17.5 Å². The van der Waals surface area contributed by atoms with Gasteiger partial charge < -0.3 is 5.11 Å². The van der Waals surface area contributed by atoms with Gasteiger partial charge in [0.05, 0.1) is 18.8 Å². The lowest BCUT2D eigenvalue weighted by molar-refractivity contribution is 0.151. The molecular formula is C14H18N2O. The molecule has 0 amide bonds. The highest BCUT2D eigenvalue weighted by molar-refractivity contribution is 5.24. The van der Waals surface area contributed by atoms with Crippen molar-refractivity contribution in [1.29, 1.82) is 0 Å². The van der Waals surface area contributed by atoms with Crippen molar-refractivity contribution in [3.8, 4) is 0 Å². The lowest BCUT2D eigenvalue weighted by Gasteiger charge is -2.11. The van der Waals surface area contributed by atoms with E-state index >= 15 is 0 Å². The van der Waals surface area contributed by atoms with Gasteiger partial charge >= 0.3 is 0 Å². The zero-order valence-electron chi connectivity index (χ0n) is 10.3. The van der Waals surface area contributed by atoms with Crippen LogP contribution >= 0.6 is 0 Å². The van der Waals surface area contributed by atoms with Crippen LogP contribution in [-0.2, 0) is 13.0 Å². The summed E-state index contributed by atoms with van der Waals surface area (Å²) in [5.74, 6) is 0. The van der Waals surface area contributed by atoms with Crippen molar-refractivity contribution in [2.24, 2.45) is 0 Å². The summed E-state index contributed by atoms with van der Waals surface area (Å²) >= 11 is 0. The fourth-order valence-corrected chi connectivity index (χ4v) is 1.82. The predicted molar refractivity (Wildman–Crippen MR) is 67.7 cm³/mol. The zero-order chi connectivity index (χ0) is 12.3. The molecule has 1 N–H and O–H groups in total. The molecule has 0 aliphatic rings. The molecule has 2 aromatic rings. The number of hydrogen-bond acceptors (Lipinski definition) is 2. The van der Waals surface area contributed by atoms with Gasteiger partial charge in [-0.3, -0.25) is 4.68 Å². The van der Waals surface area contributed by atoms with Crippen LogP contribution in [0.1, 0.15) is 29.7 Å². The summed E-state index contributed by atoms with van der Waals surface area (Å²) in [4.78, 5) is 0. The summed E-state index contributed by atoms with van der Waals surface area (Å²) in [5.41, 5.74) is 3.34. The first kappa shape index (κ1) is 11.9. The van der Waals surface area contributed by atoms with Crippen molar-refractivity contribution >= 4 is 0 Å². The smallest absolute Gasteiger partial charge is 0.0985 e. The first-order valence-electron chi connectivity index (χ1n) is 5.95. The third-order valence-corrected chi connectivity index (χ3v) is 2.90. The van der Waals surface area contributed by atoms with Crippen LogP contribution in [0.25, 0.3) is 0 Å². The van der Waals surface area contributed by atoms with Crippen molar-refractivity contribution in [2.45, 2.75) is 32.9 Å². The van der Waals surface area contributed by atoms with E-state index < -0.39 is 6.10 Å². The molecule has 90 valence electrons. The van der Waals surface area contributed by atoms with Gasteiger partial charge in [-0.15, -0.1) is 0 Å². The molecule has 1 atom stereocenters. The molecule has 17 heavy (non-hydrogen) atoms. The highest BCUT2D eigenvalue weighted by Crippen LogP contribution is 2.16. The van der Waals surface area contributed by atoms with E-state index in [4.69, 9.17) is 0 Å². The first-order chi connectivity index (χ1) is 8.19. The van der Waals surface area contributed by atoms with E-state index in [1.165, 1.54) is 5.56 Å². The SMILES string of the molecule is CCc1ccc(C(O)Cn2cc(C)cn2)cc1. The van der Waals surface area contributed by atoms with E-state index in [0.29, 0.717) is 6.54 Å². The molecule has 0 fully saturated rings. The standard InChI is InChI=1S/C14H18N2O/c1-3-12-4-6-13(7-5-12)14(17)10-16-9-11(2)8-15-16/h4-9,14,17H,3,10H2,1-2H3. The van der Waals surface area contributed by atoms with Crippen LogP contribution in [0.5, 0.6) is 0 Å². The lowest BCUT2D eigenvalue weighted by atomic mass is 10.1. The van der Waals surface area contributed by atoms with Crippen LogP contribution in [0.4, 0.5) is 0 Å². The second kappa shape index (κ2) is 5.15. The molecular weight excluding hydrogens is 212 g/mol. The molecule has 0 aliphatic carbocycles. The third kappa shape index (κ3) is 2.94. The molecule has 3 heteroatoms. The first-order valence-corrected chi connectivity index (χ1v) is 5.95. The number of aryl methyl sites for hydroxylation is 2. The average molecular weight is 230 g/mol. The van der Waals surface area contributed by atoms with Crippen LogP contribution in [0.15, 0.2) is 36.7 Å². The number of aromatic nitrogens is 2. The molecule has 0 aliphatic heterocycles. The quantitative estimate of drug-likeness (QED) is 0.876. The molecule has 0 saturated carbocycles. The Labute approximate surface area is 102 Å². The van der Waals surface area contributed by atoms with Gasteiger partial charge in [0, 0.05) is 6.20 Å². The highest BCUT2D eigenvalue weighted by Gasteiger charge is 2.08. The third-order valence-electron chi connectivity index (χ3n) is 2.90. The molecule has 2 rings (SSSR count). The number of aliphatic hydroxyl groups excluding tert-OH is 1. The topological polar surface area (TPSA) is 38.0 Å². The molecule has 0 radical (unpaired) electrons. The van der Waals surface area contributed by atoms with Crippen molar-refractivity contribution < 1.29 is 5.11 Å². The molecule has 1 heterocycles. The van der Waals surface area contributed by atoms with Crippen molar-refractivity contribution in [3.63, 3.8) is 0 Å². The molecule has 1 unspecified atom stereocenters. The number of benzene rings is 1. The van der Waals surface area contributed by atoms with Gasteiger partial charge in [0.25, 0.3) is 0 Å². The predicted octanol–water partition coefficient (Wildman–Crippen LogP) is 2.49. The summed E-state index contributed by atoms with van der Waals surface area (Å²) in [6.45, 7) is 4.61. The van der Waals surface area contributed by atoms with Gasteiger partial charge in [-0.25, -0.2) is 0 Å². The van der Waals surface area contributed by atoms with Crippen LogP contribution in [0.2, 0.25) is 0 Å². The van der Waals surface area contributed by atoms with Crippen molar-refractivity contribution in [3.05, 3.63) is 53.3 Å². The molecule has 3 nitrogen and oxygen atoms in total. The summed E-state index contributed by atoms with van der Waals surface area (Å²) in [5, 5.41) is 14.3. The Balaban J connectivity index is 2.06. The van der Waals surface area contributed by atoms with E-state index in [9.17, 15) is 5.11 Å². The monoisotopic (exact) mass is 230 g/mol. The Morgan fingerprint density at radius 1 is 1.29 bits per heavy atom. The summed E-state index contributed by atoms with van der Waals surface area (Å²) in [6.07, 6.45) is 4.26. The Hall–Kier alpha value is -1.61. The van der Waals surface area contributed by atoms with Gasteiger partial charge in [-0.2, -0.15) is 5.10 Å². The van der Waals surface area contributed by atoms with Crippen LogP contribution in [0, 0.1) is 6.92 Å². The fraction of sp³-hybridized carbons (Fsp3) is 0.357. The molecule has 0 spiro atoms. The van der Waals surface area contributed by atoms with E-state index in [-0.39, 0.29) is 0 Å². The molecule has 1 aromatic carbocycles. The summed E-state index contributed by atoms with van der Waals surface area (Å²) in [6, 6.07) is 8.10. The Morgan fingerprint density at radius 3 is 2.53 bits per heavy atom. The Kier molecular flexibility index (Phi) is 3.59. The Morgan fingerprint density at radius 2 is 2.00 bits per heavy atom. The van der Waals surface area contributed by atoms with Crippen molar-refractivity contribution in [2.75, 3.05) is 0 Å². The molecule has 0 bridgehead atoms. The van der Waals surface area contributed by atoms with Gasteiger partial charge in [-0.1, -0.05) is 31.2 Å². The fourth-order valence-electron chi connectivity index (χ4n) is 1.82. The van der Waals surface area contributed by atoms with Crippen molar-refractivity contribution in [1.82, 2.24) is 9.78 Å². The van der Waals surface area contributed by atoms with Crippen LogP contribution in [-0.4, -0.2) is 14.9 Å². The maximum absolute atomic E-state index is 10.1. The van der Waals surface area contributed by atoms with Crippen LogP contribution in [0.3, 0.4) is 0 Å². The molecule has 0 saturated heterocycles.